The van der Waals surface area contributed by atoms with Crippen molar-refractivity contribution in [1.82, 2.24) is 20.3 Å². The number of hydrogen-bond acceptors (Lipinski definition) is 3. The molecule has 4 heteroatoms. The third kappa shape index (κ3) is 3.40. The fourth-order valence-corrected chi connectivity index (χ4v) is 2.06. The molecule has 0 bridgehead atoms. The Labute approximate surface area is 108 Å². The van der Waals surface area contributed by atoms with Gasteiger partial charge in [-0.1, -0.05) is 48.9 Å². The van der Waals surface area contributed by atoms with E-state index < -0.39 is 0 Å². The van der Waals surface area contributed by atoms with Gasteiger partial charge in [0.25, 0.3) is 0 Å². The Balaban J connectivity index is 1.98. The van der Waals surface area contributed by atoms with Crippen LogP contribution in [0.1, 0.15) is 37.1 Å². The van der Waals surface area contributed by atoms with Crippen LogP contribution in [0.5, 0.6) is 0 Å². The lowest BCUT2D eigenvalue weighted by atomic mass is 10.0. The maximum atomic E-state index is 4.09. The number of rotatable bonds is 6. The van der Waals surface area contributed by atoms with Crippen LogP contribution in [0.15, 0.2) is 36.5 Å². The highest BCUT2D eigenvalue weighted by molar-refractivity contribution is 5.18. The monoisotopic (exact) mass is 244 g/mol. The molecule has 0 spiro atoms. The van der Waals surface area contributed by atoms with Crippen LogP contribution in [0.2, 0.25) is 0 Å². The summed E-state index contributed by atoms with van der Waals surface area (Å²) in [7, 11) is 1.89. The van der Waals surface area contributed by atoms with Gasteiger partial charge in [0, 0.05) is 25.8 Å². The van der Waals surface area contributed by atoms with E-state index >= 15 is 0 Å². The molecule has 1 heterocycles. The summed E-state index contributed by atoms with van der Waals surface area (Å²) in [5.74, 6) is 0. The molecule has 1 aromatic heterocycles. The molecule has 2 aromatic rings. The average Bonchev–Trinajstić information content (AvgIpc) is 2.81. The zero-order chi connectivity index (χ0) is 12.8. The molecule has 1 atom stereocenters. The average molecular weight is 244 g/mol. The molecular weight excluding hydrogens is 224 g/mol. The van der Waals surface area contributed by atoms with Gasteiger partial charge in [0.2, 0.25) is 0 Å². The molecule has 18 heavy (non-hydrogen) atoms. The normalized spacial score (nSPS) is 12.6. The standard InChI is InChI=1S/C14H20N4/c1-3-7-14(12-8-5-4-6-9-12)15-10-13-11-18(2)17-16-13/h4-6,8-9,11,14-15H,3,7,10H2,1-2H3. The van der Waals surface area contributed by atoms with E-state index in [1.54, 1.807) is 4.68 Å². The van der Waals surface area contributed by atoms with Crippen molar-refractivity contribution in [3.63, 3.8) is 0 Å². The second kappa shape index (κ2) is 6.31. The van der Waals surface area contributed by atoms with Gasteiger partial charge in [-0.05, 0) is 12.0 Å². The number of nitrogens with one attached hydrogen (secondary N) is 1. The van der Waals surface area contributed by atoms with Crippen LogP contribution in [0.3, 0.4) is 0 Å². The van der Waals surface area contributed by atoms with E-state index in [0.717, 1.165) is 25.1 Å². The molecule has 0 aliphatic heterocycles. The highest BCUT2D eigenvalue weighted by atomic mass is 15.4. The molecule has 0 saturated carbocycles. The summed E-state index contributed by atoms with van der Waals surface area (Å²) in [5.41, 5.74) is 2.32. The maximum Gasteiger partial charge on any atom is 0.0964 e. The Bertz CT molecular complexity index is 464. The molecule has 1 aromatic carbocycles. The highest BCUT2D eigenvalue weighted by Crippen LogP contribution is 2.18. The van der Waals surface area contributed by atoms with E-state index in [9.17, 15) is 0 Å². The molecule has 0 fully saturated rings. The van der Waals surface area contributed by atoms with Crippen LogP contribution in [-0.4, -0.2) is 15.0 Å². The number of hydrogen-bond donors (Lipinski definition) is 1. The second-order valence-corrected chi connectivity index (χ2v) is 4.52. The van der Waals surface area contributed by atoms with Crippen LogP contribution < -0.4 is 5.32 Å². The van der Waals surface area contributed by atoms with E-state index in [1.807, 2.05) is 13.2 Å². The van der Waals surface area contributed by atoms with E-state index in [4.69, 9.17) is 0 Å². The van der Waals surface area contributed by atoms with Gasteiger partial charge in [0.15, 0.2) is 0 Å². The van der Waals surface area contributed by atoms with Gasteiger partial charge in [-0.3, -0.25) is 4.68 Å². The van der Waals surface area contributed by atoms with Crippen molar-refractivity contribution in [2.75, 3.05) is 0 Å². The van der Waals surface area contributed by atoms with Crippen LogP contribution in [-0.2, 0) is 13.6 Å². The molecule has 1 N–H and O–H groups in total. The van der Waals surface area contributed by atoms with Crippen molar-refractivity contribution in [2.45, 2.75) is 32.4 Å². The summed E-state index contributed by atoms with van der Waals surface area (Å²) < 4.78 is 1.73. The molecule has 0 saturated heterocycles. The molecule has 0 aliphatic rings. The predicted molar refractivity (Wildman–Crippen MR) is 71.9 cm³/mol. The minimum atomic E-state index is 0.387. The van der Waals surface area contributed by atoms with Crippen molar-refractivity contribution >= 4 is 0 Å². The Morgan fingerprint density at radius 3 is 2.67 bits per heavy atom. The third-order valence-electron chi connectivity index (χ3n) is 2.96. The van der Waals surface area contributed by atoms with Gasteiger partial charge >= 0.3 is 0 Å². The number of nitrogens with zero attached hydrogens (tertiary/aromatic N) is 3. The van der Waals surface area contributed by atoms with Crippen LogP contribution in [0.4, 0.5) is 0 Å². The number of aromatic nitrogens is 3. The SMILES string of the molecule is CCCC(NCc1cn(C)nn1)c1ccccc1. The molecule has 0 radical (unpaired) electrons. The molecule has 0 aliphatic carbocycles. The summed E-state index contributed by atoms with van der Waals surface area (Å²) in [4.78, 5) is 0. The summed E-state index contributed by atoms with van der Waals surface area (Å²) in [6, 6.07) is 10.9. The molecule has 0 amide bonds. The van der Waals surface area contributed by atoms with Gasteiger partial charge in [0.05, 0.1) is 5.69 Å². The predicted octanol–water partition coefficient (Wildman–Crippen LogP) is 2.45. The lowest BCUT2D eigenvalue weighted by Gasteiger charge is -2.17. The first-order valence-electron chi connectivity index (χ1n) is 6.43. The number of benzene rings is 1. The zero-order valence-corrected chi connectivity index (χ0v) is 11.0. The summed E-state index contributed by atoms with van der Waals surface area (Å²) in [5, 5.41) is 11.6. The van der Waals surface area contributed by atoms with E-state index in [-0.39, 0.29) is 0 Å². The summed E-state index contributed by atoms with van der Waals surface area (Å²) >= 11 is 0. The van der Waals surface area contributed by atoms with Crippen LogP contribution in [0, 0.1) is 0 Å². The van der Waals surface area contributed by atoms with Crippen molar-refractivity contribution < 1.29 is 0 Å². The van der Waals surface area contributed by atoms with Crippen molar-refractivity contribution in [3.05, 3.63) is 47.8 Å². The first kappa shape index (κ1) is 12.8. The topological polar surface area (TPSA) is 42.7 Å². The fraction of sp³-hybridized carbons (Fsp3) is 0.429. The van der Waals surface area contributed by atoms with E-state index in [2.05, 4.69) is 52.9 Å². The van der Waals surface area contributed by atoms with Crippen LogP contribution >= 0.6 is 0 Å². The molecule has 1 unspecified atom stereocenters. The lowest BCUT2D eigenvalue weighted by molar-refractivity contribution is 0.489. The largest absolute Gasteiger partial charge is 0.304 e. The molecule has 96 valence electrons. The van der Waals surface area contributed by atoms with Gasteiger partial charge in [-0.2, -0.15) is 0 Å². The highest BCUT2D eigenvalue weighted by Gasteiger charge is 2.10. The third-order valence-corrected chi connectivity index (χ3v) is 2.96. The quantitative estimate of drug-likeness (QED) is 0.848. The first-order chi connectivity index (χ1) is 8.79. The van der Waals surface area contributed by atoms with Gasteiger partial charge in [-0.25, -0.2) is 0 Å². The summed E-state index contributed by atoms with van der Waals surface area (Å²) in [6.45, 7) is 2.97. The van der Waals surface area contributed by atoms with Gasteiger partial charge in [-0.15, -0.1) is 5.10 Å². The lowest BCUT2D eigenvalue weighted by Crippen LogP contribution is -2.21. The van der Waals surface area contributed by atoms with Crippen molar-refractivity contribution in [1.29, 1.82) is 0 Å². The Kier molecular flexibility index (Phi) is 4.47. The molecular formula is C14H20N4. The van der Waals surface area contributed by atoms with Gasteiger partial charge < -0.3 is 5.32 Å². The Hall–Kier alpha value is -1.68. The second-order valence-electron chi connectivity index (χ2n) is 4.52. The fourth-order valence-electron chi connectivity index (χ4n) is 2.06. The minimum Gasteiger partial charge on any atom is -0.304 e. The Morgan fingerprint density at radius 2 is 2.06 bits per heavy atom. The van der Waals surface area contributed by atoms with Gasteiger partial charge in [0.1, 0.15) is 0 Å². The molecule has 4 nitrogen and oxygen atoms in total. The number of aryl methyl sites for hydroxylation is 1. The smallest absolute Gasteiger partial charge is 0.0964 e. The minimum absolute atomic E-state index is 0.387. The zero-order valence-electron chi connectivity index (χ0n) is 11.0. The van der Waals surface area contributed by atoms with E-state index in [0.29, 0.717) is 6.04 Å². The van der Waals surface area contributed by atoms with Crippen LogP contribution in [0.25, 0.3) is 0 Å². The van der Waals surface area contributed by atoms with E-state index in [1.165, 1.54) is 5.56 Å². The maximum absolute atomic E-state index is 4.09. The summed E-state index contributed by atoms with van der Waals surface area (Å²) in [6.07, 6.45) is 4.23. The van der Waals surface area contributed by atoms with Crippen molar-refractivity contribution in [2.24, 2.45) is 7.05 Å². The first-order valence-corrected chi connectivity index (χ1v) is 6.43. The Morgan fingerprint density at radius 1 is 1.28 bits per heavy atom. The molecule has 2 rings (SSSR count). The van der Waals surface area contributed by atoms with Crippen molar-refractivity contribution in [3.8, 4) is 0 Å².